The van der Waals surface area contributed by atoms with Gasteiger partial charge in [0.2, 0.25) is 5.75 Å². The zero-order valence-corrected chi connectivity index (χ0v) is 16.0. The Morgan fingerprint density at radius 3 is 2.56 bits per heavy atom. The number of benzene rings is 1. The van der Waals surface area contributed by atoms with Crippen molar-refractivity contribution in [2.24, 2.45) is 0 Å². The average Bonchev–Trinajstić information content (AvgIpc) is 2.57. The van der Waals surface area contributed by atoms with Gasteiger partial charge in [0.1, 0.15) is 6.61 Å². The summed E-state index contributed by atoms with van der Waals surface area (Å²) in [5.74, 6) is -1.08. The number of phenolic OH excluding ortho intramolecular Hbond substituents is 1. The summed E-state index contributed by atoms with van der Waals surface area (Å²) in [5, 5.41) is 10.2. The van der Waals surface area contributed by atoms with Gasteiger partial charge in [0.25, 0.3) is 0 Å². The molecule has 0 radical (unpaired) electrons. The average molecular weight is 372 g/mol. The van der Waals surface area contributed by atoms with Crippen molar-refractivity contribution in [2.45, 2.75) is 40.5 Å². The first kappa shape index (κ1) is 20.3. The minimum atomic E-state index is -0.823. The molecule has 1 aromatic carbocycles. The summed E-state index contributed by atoms with van der Waals surface area (Å²) in [5.41, 5.74) is 1.50. The van der Waals surface area contributed by atoms with Gasteiger partial charge >= 0.3 is 11.6 Å². The smallest absolute Gasteiger partial charge is 0.383 e. The van der Waals surface area contributed by atoms with Crippen molar-refractivity contribution >= 4 is 16.9 Å². The predicted molar refractivity (Wildman–Crippen MR) is 103 cm³/mol. The molecule has 0 spiro atoms. The molecule has 0 aliphatic carbocycles. The highest BCUT2D eigenvalue weighted by Crippen LogP contribution is 2.36. The Hall–Kier alpha value is -3.02. The van der Waals surface area contributed by atoms with Crippen LogP contribution >= 0.6 is 0 Å². The number of ether oxygens (including phenoxy) is 2. The number of esters is 1. The highest BCUT2D eigenvalue weighted by atomic mass is 16.6. The molecule has 0 saturated carbocycles. The van der Waals surface area contributed by atoms with Crippen molar-refractivity contribution in [3.63, 3.8) is 0 Å². The van der Waals surface area contributed by atoms with Gasteiger partial charge in [-0.15, -0.1) is 0 Å². The summed E-state index contributed by atoms with van der Waals surface area (Å²) in [7, 11) is 0. The van der Waals surface area contributed by atoms with Gasteiger partial charge in [-0.3, -0.25) is 4.79 Å². The van der Waals surface area contributed by atoms with Gasteiger partial charge in [-0.05, 0) is 51.8 Å². The monoisotopic (exact) mass is 372 g/mol. The van der Waals surface area contributed by atoms with E-state index in [0.29, 0.717) is 0 Å². The Labute approximate surface area is 157 Å². The molecule has 0 aliphatic heterocycles. The van der Waals surface area contributed by atoms with Crippen molar-refractivity contribution in [1.29, 1.82) is 0 Å². The molecule has 6 nitrogen and oxygen atoms in total. The van der Waals surface area contributed by atoms with Crippen LogP contribution in [0.25, 0.3) is 11.0 Å². The van der Waals surface area contributed by atoms with E-state index in [1.807, 2.05) is 13.0 Å². The van der Waals surface area contributed by atoms with Gasteiger partial charge in [0.15, 0.2) is 17.1 Å². The summed E-state index contributed by atoms with van der Waals surface area (Å²) < 4.78 is 15.9. The summed E-state index contributed by atoms with van der Waals surface area (Å²) in [4.78, 5) is 23.8. The van der Waals surface area contributed by atoms with E-state index in [0.717, 1.165) is 18.4 Å². The van der Waals surface area contributed by atoms with E-state index in [2.05, 4.69) is 19.9 Å². The molecule has 1 heterocycles. The van der Waals surface area contributed by atoms with E-state index in [9.17, 15) is 14.7 Å². The highest BCUT2D eigenvalue weighted by molar-refractivity contribution is 5.91. The lowest BCUT2D eigenvalue weighted by atomic mass is 10.1. The SMILES string of the molecule is CC(=O)Oc1c(OC/C=C(\C)CCC=C(C)C)c(=O)oc2c(O)cccc12. The van der Waals surface area contributed by atoms with Crippen molar-refractivity contribution in [1.82, 2.24) is 0 Å². The summed E-state index contributed by atoms with van der Waals surface area (Å²) in [6.45, 7) is 7.44. The fourth-order valence-corrected chi connectivity index (χ4v) is 2.49. The fraction of sp³-hybridized carbons (Fsp3) is 0.333. The van der Waals surface area contributed by atoms with Crippen LogP contribution in [0.4, 0.5) is 0 Å². The van der Waals surface area contributed by atoms with Crippen molar-refractivity contribution in [2.75, 3.05) is 6.61 Å². The maximum Gasteiger partial charge on any atom is 0.383 e. The lowest BCUT2D eigenvalue weighted by Gasteiger charge is -2.11. The molecule has 0 fully saturated rings. The number of carbonyl (C=O) groups excluding carboxylic acids is 1. The summed E-state index contributed by atoms with van der Waals surface area (Å²) in [6.07, 6.45) is 5.83. The molecule has 1 aromatic heterocycles. The predicted octanol–water partition coefficient (Wildman–Crippen LogP) is 4.50. The number of allylic oxidation sites excluding steroid dienone is 3. The lowest BCUT2D eigenvalue weighted by molar-refractivity contribution is -0.131. The molecule has 0 bridgehead atoms. The molecule has 144 valence electrons. The highest BCUT2D eigenvalue weighted by Gasteiger charge is 2.20. The van der Waals surface area contributed by atoms with E-state index >= 15 is 0 Å². The van der Waals surface area contributed by atoms with Crippen LogP contribution in [-0.2, 0) is 4.79 Å². The number of fused-ring (bicyclic) bond motifs is 1. The van der Waals surface area contributed by atoms with Gasteiger partial charge in [-0.2, -0.15) is 0 Å². The molecule has 0 unspecified atom stereocenters. The van der Waals surface area contributed by atoms with E-state index in [-0.39, 0.29) is 34.8 Å². The number of carbonyl (C=O) groups is 1. The molecule has 2 aromatic rings. The first-order valence-corrected chi connectivity index (χ1v) is 8.68. The van der Waals surface area contributed by atoms with Crippen LogP contribution in [0.15, 0.2) is 50.7 Å². The second kappa shape index (κ2) is 9.07. The van der Waals surface area contributed by atoms with Crippen LogP contribution in [0.3, 0.4) is 0 Å². The largest absolute Gasteiger partial charge is 0.504 e. The van der Waals surface area contributed by atoms with E-state index in [1.54, 1.807) is 12.1 Å². The van der Waals surface area contributed by atoms with Crippen LogP contribution in [0.1, 0.15) is 40.5 Å². The number of phenols is 1. The van der Waals surface area contributed by atoms with Crippen LogP contribution in [-0.4, -0.2) is 17.7 Å². The normalized spacial score (nSPS) is 11.3. The van der Waals surface area contributed by atoms with Crippen molar-refractivity contribution in [3.05, 3.63) is 51.9 Å². The quantitative estimate of drug-likeness (QED) is 0.438. The first-order chi connectivity index (χ1) is 12.8. The van der Waals surface area contributed by atoms with Crippen LogP contribution in [0, 0.1) is 0 Å². The maximum atomic E-state index is 12.3. The number of para-hydroxylation sites is 1. The zero-order valence-electron chi connectivity index (χ0n) is 16.0. The summed E-state index contributed by atoms with van der Waals surface area (Å²) >= 11 is 0. The van der Waals surface area contributed by atoms with E-state index in [1.165, 1.54) is 18.6 Å². The molecule has 1 N–H and O–H groups in total. The Kier molecular flexibility index (Phi) is 6.82. The van der Waals surface area contributed by atoms with Crippen molar-refractivity contribution in [3.8, 4) is 17.2 Å². The lowest BCUT2D eigenvalue weighted by Crippen LogP contribution is -2.12. The van der Waals surface area contributed by atoms with E-state index < -0.39 is 11.6 Å². The molecule has 0 atom stereocenters. The van der Waals surface area contributed by atoms with E-state index in [4.69, 9.17) is 13.9 Å². The Balaban J connectivity index is 2.29. The summed E-state index contributed by atoms with van der Waals surface area (Å²) in [6, 6.07) is 4.51. The van der Waals surface area contributed by atoms with Crippen LogP contribution in [0.5, 0.6) is 17.2 Å². The zero-order chi connectivity index (χ0) is 20.0. The molecule has 27 heavy (non-hydrogen) atoms. The number of rotatable bonds is 7. The number of aromatic hydroxyl groups is 1. The fourth-order valence-electron chi connectivity index (χ4n) is 2.49. The Morgan fingerprint density at radius 2 is 1.89 bits per heavy atom. The second-order valence-electron chi connectivity index (χ2n) is 6.48. The van der Waals surface area contributed by atoms with Gasteiger partial charge in [0.05, 0.1) is 5.39 Å². The van der Waals surface area contributed by atoms with Crippen LogP contribution < -0.4 is 15.1 Å². The molecular weight excluding hydrogens is 348 g/mol. The Bertz CT molecular complexity index is 945. The Morgan fingerprint density at radius 1 is 1.15 bits per heavy atom. The molecule has 0 amide bonds. The van der Waals surface area contributed by atoms with Gasteiger partial charge < -0.3 is 19.0 Å². The van der Waals surface area contributed by atoms with Gasteiger partial charge in [0, 0.05) is 6.92 Å². The first-order valence-electron chi connectivity index (χ1n) is 8.68. The second-order valence-corrected chi connectivity index (χ2v) is 6.48. The van der Waals surface area contributed by atoms with Gasteiger partial charge in [-0.1, -0.05) is 23.3 Å². The number of hydrogen-bond acceptors (Lipinski definition) is 6. The van der Waals surface area contributed by atoms with Crippen LogP contribution in [0.2, 0.25) is 0 Å². The topological polar surface area (TPSA) is 86.0 Å². The van der Waals surface area contributed by atoms with Crippen molar-refractivity contribution < 1.29 is 23.8 Å². The molecule has 0 saturated heterocycles. The molecule has 6 heteroatoms. The molecule has 2 rings (SSSR count). The van der Waals surface area contributed by atoms with Gasteiger partial charge in [-0.25, -0.2) is 4.79 Å². The standard InChI is InChI=1S/C21H24O6/c1-13(2)7-5-8-14(3)11-12-25-20-19(26-15(4)22)16-9-6-10-17(23)18(16)27-21(20)24/h6-7,9-11,23H,5,8,12H2,1-4H3/b14-11+. The molecule has 0 aliphatic rings. The number of hydrogen-bond donors (Lipinski definition) is 1. The third-order valence-corrected chi connectivity index (χ3v) is 3.82. The minimum absolute atomic E-state index is 0.0553. The maximum absolute atomic E-state index is 12.3. The third-order valence-electron chi connectivity index (χ3n) is 3.82. The third kappa shape index (κ3) is 5.48. The molecular formula is C21H24O6. The minimum Gasteiger partial charge on any atom is -0.504 e.